The third kappa shape index (κ3) is 4.52. The van der Waals surface area contributed by atoms with Crippen molar-refractivity contribution in [3.63, 3.8) is 0 Å². The van der Waals surface area contributed by atoms with Gasteiger partial charge < -0.3 is 14.4 Å². The highest BCUT2D eigenvalue weighted by molar-refractivity contribution is 14.1. The average molecular weight is 363 g/mol. The number of halogens is 1. The molecule has 1 aromatic carbocycles. The van der Waals surface area contributed by atoms with Gasteiger partial charge in [-0.3, -0.25) is 9.59 Å². The number of nitrogens with zero attached hydrogens (tertiary/aromatic N) is 1. The van der Waals surface area contributed by atoms with Gasteiger partial charge in [0.05, 0.1) is 14.2 Å². The molecule has 0 atom stereocenters. The van der Waals surface area contributed by atoms with Crippen LogP contribution in [0.1, 0.15) is 0 Å². The van der Waals surface area contributed by atoms with Crippen LogP contribution in [0.4, 0.5) is 5.69 Å². The van der Waals surface area contributed by atoms with E-state index < -0.39 is 11.9 Å². The van der Waals surface area contributed by atoms with Crippen molar-refractivity contribution in [1.82, 2.24) is 0 Å². The summed E-state index contributed by atoms with van der Waals surface area (Å²) >= 11 is 2.18. The molecule has 0 unspecified atom stereocenters. The van der Waals surface area contributed by atoms with Gasteiger partial charge in [-0.05, 0) is 46.9 Å². The molecule has 0 amide bonds. The molecule has 0 aliphatic rings. The molecule has 18 heavy (non-hydrogen) atoms. The minimum atomic E-state index is -0.405. The maximum absolute atomic E-state index is 11.3. The third-order valence-corrected chi connectivity index (χ3v) is 3.01. The fourth-order valence-electron chi connectivity index (χ4n) is 1.33. The Balaban J connectivity index is 2.85. The van der Waals surface area contributed by atoms with Crippen molar-refractivity contribution < 1.29 is 19.1 Å². The van der Waals surface area contributed by atoms with Gasteiger partial charge in [0.15, 0.2) is 0 Å². The molecule has 0 spiro atoms. The Hall–Kier alpha value is -1.31. The van der Waals surface area contributed by atoms with Crippen LogP contribution in [0.15, 0.2) is 24.3 Å². The molecule has 0 radical (unpaired) electrons. The highest BCUT2D eigenvalue weighted by Gasteiger charge is 2.15. The van der Waals surface area contributed by atoms with Gasteiger partial charge in [0.1, 0.15) is 13.1 Å². The summed E-state index contributed by atoms with van der Waals surface area (Å²) in [5.74, 6) is -0.810. The number of methoxy groups -OCH3 is 2. The molecular formula is C12H14INO4. The van der Waals surface area contributed by atoms with Crippen LogP contribution in [0.5, 0.6) is 0 Å². The molecular weight excluding hydrogens is 349 g/mol. The number of carbonyl (C=O) groups is 2. The second-order valence-electron chi connectivity index (χ2n) is 3.48. The lowest BCUT2D eigenvalue weighted by Crippen LogP contribution is -2.35. The van der Waals surface area contributed by atoms with E-state index in [2.05, 4.69) is 32.1 Å². The lowest BCUT2D eigenvalue weighted by molar-refractivity contribution is -0.140. The third-order valence-electron chi connectivity index (χ3n) is 2.29. The van der Waals surface area contributed by atoms with Crippen molar-refractivity contribution in [2.45, 2.75) is 0 Å². The maximum atomic E-state index is 11.3. The van der Waals surface area contributed by atoms with Gasteiger partial charge in [0.2, 0.25) is 0 Å². The van der Waals surface area contributed by atoms with Crippen molar-refractivity contribution in [3.05, 3.63) is 27.8 Å². The first-order valence-corrected chi connectivity index (χ1v) is 6.29. The van der Waals surface area contributed by atoms with Crippen molar-refractivity contribution >= 4 is 40.2 Å². The van der Waals surface area contributed by atoms with Crippen molar-refractivity contribution in [1.29, 1.82) is 0 Å². The number of ether oxygens (including phenoxy) is 2. The van der Waals surface area contributed by atoms with Crippen LogP contribution >= 0.6 is 22.6 Å². The standard InChI is InChI=1S/C12H14INO4/c1-17-11(15)7-14(8-12(16)18-2)10-5-3-9(13)4-6-10/h3-6H,7-8H2,1-2H3. The molecule has 1 rings (SSSR count). The fraction of sp³-hybridized carbons (Fsp3) is 0.333. The first kappa shape index (κ1) is 14.7. The molecule has 0 fully saturated rings. The smallest absolute Gasteiger partial charge is 0.325 e. The van der Waals surface area contributed by atoms with Crippen LogP contribution < -0.4 is 4.90 Å². The molecule has 5 nitrogen and oxygen atoms in total. The summed E-state index contributed by atoms with van der Waals surface area (Å²) in [6.07, 6.45) is 0. The summed E-state index contributed by atoms with van der Waals surface area (Å²) in [6.45, 7) is 0.0123. The molecule has 0 aliphatic heterocycles. The molecule has 0 saturated carbocycles. The summed E-state index contributed by atoms with van der Waals surface area (Å²) in [7, 11) is 2.62. The minimum Gasteiger partial charge on any atom is -0.468 e. The number of hydrogen-bond donors (Lipinski definition) is 0. The van der Waals surface area contributed by atoms with E-state index in [0.29, 0.717) is 0 Å². The Labute approximate surface area is 119 Å². The van der Waals surface area contributed by atoms with E-state index in [1.807, 2.05) is 24.3 Å². The lowest BCUT2D eigenvalue weighted by Gasteiger charge is -2.22. The number of anilines is 1. The number of esters is 2. The summed E-state index contributed by atoms with van der Waals surface area (Å²) in [5.41, 5.74) is 0.770. The summed E-state index contributed by atoms with van der Waals surface area (Å²) in [6, 6.07) is 7.48. The van der Waals surface area contributed by atoms with Crippen molar-refractivity contribution in [2.24, 2.45) is 0 Å². The van der Waals surface area contributed by atoms with E-state index in [9.17, 15) is 9.59 Å². The zero-order valence-corrected chi connectivity index (χ0v) is 12.3. The fourth-order valence-corrected chi connectivity index (χ4v) is 1.69. The van der Waals surface area contributed by atoms with Gasteiger partial charge in [0, 0.05) is 9.26 Å². The highest BCUT2D eigenvalue weighted by atomic mass is 127. The number of benzene rings is 1. The molecule has 0 saturated heterocycles. The van der Waals surface area contributed by atoms with E-state index in [-0.39, 0.29) is 13.1 Å². The molecule has 1 aromatic rings. The first-order valence-electron chi connectivity index (χ1n) is 5.21. The number of carbonyl (C=O) groups excluding carboxylic acids is 2. The van der Waals surface area contributed by atoms with E-state index >= 15 is 0 Å². The second kappa shape index (κ2) is 7.20. The van der Waals surface area contributed by atoms with Gasteiger partial charge in [0.25, 0.3) is 0 Å². The Morgan fingerprint density at radius 3 is 1.89 bits per heavy atom. The SMILES string of the molecule is COC(=O)CN(CC(=O)OC)c1ccc(I)cc1. The van der Waals surface area contributed by atoms with Crippen LogP contribution in [0.25, 0.3) is 0 Å². The lowest BCUT2D eigenvalue weighted by atomic mass is 10.3. The van der Waals surface area contributed by atoms with Crippen LogP contribution in [-0.2, 0) is 19.1 Å². The predicted octanol–water partition coefficient (Wildman–Crippen LogP) is 1.44. The van der Waals surface area contributed by atoms with Gasteiger partial charge in [-0.1, -0.05) is 0 Å². The molecule has 0 aromatic heterocycles. The highest BCUT2D eigenvalue weighted by Crippen LogP contribution is 2.16. The zero-order chi connectivity index (χ0) is 13.5. The van der Waals surface area contributed by atoms with E-state index in [0.717, 1.165) is 9.26 Å². The summed E-state index contributed by atoms with van der Waals surface area (Å²) in [4.78, 5) is 24.2. The number of hydrogen-bond acceptors (Lipinski definition) is 5. The maximum Gasteiger partial charge on any atom is 0.325 e. The van der Waals surface area contributed by atoms with Crippen LogP contribution in [-0.4, -0.2) is 39.2 Å². The van der Waals surface area contributed by atoms with Gasteiger partial charge >= 0.3 is 11.9 Å². The molecule has 0 N–H and O–H groups in total. The number of rotatable bonds is 5. The van der Waals surface area contributed by atoms with Gasteiger partial charge in [-0.25, -0.2) is 0 Å². The normalized spacial score (nSPS) is 9.72. The Bertz CT molecular complexity index is 401. The molecule has 0 aliphatic carbocycles. The molecule has 0 heterocycles. The Kier molecular flexibility index (Phi) is 5.90. The van der Waals surface area contributed by atoms with Crippen LogP contribution in [0.3, 0.4) is 0 Å². The largest absolute Gasteiger partial charge is 0.468 e. The zero-order valence-electron chi connectivity index (χ0n) is 10.2. The van der Waals surface area contributed by atoms with Crippen molar-refractivity contribution in [2.75, 3.05) is 32.2 Å². The minimum absolute atomic E-state index is 0.00614. The average Bonchev–Trinajstić information content (AvgIpc) is 2.38. The summed E-state index contributed by atoms with van der Waals surface area (Å²) in [5, 5.41) is 0. The van der Waals surface area contributed by atoms with Gasteiger partial charge in [-0.2, -0.15) is 0 Å². The molecule has 6 heteroatoms. The second-order valence-corrected chi connectivity index (χ2v) is 4.73. The van der Waals surface area contributed by atoms with Gasteiger partial charge in [-0.15, -0.1) is 0 Å². The quantitative estimate of drug-likeness (QED) is 0.586. The summed E-state index contributed by atoms with van der Waals surface area (Å²) < 4.78 is 10.3. The topological polar surface area (TPSA) is 55.8 Å². The molecule has 0 bridgehead atoms. The van der Waals surface area contributed by atoms with E-state index in [1.54, 1.807) is 4.90 Å². The predicted molar refractivity (Wildman–Crippen MR) is 75.4 cm³/mol. The molecule has 98 valence electrons. The van der Waals surface area contributed by atoms with Crippen LogP contribution in [0.2, 0.25) is 0 Å². The Morgan fingerprint density at radius 1 is 1.06 bits per heavy atom. The van der Waals surface area contributed by atoms with E-state index in [1.165, 1.54) is 14.2 Å². The Morgan fingerprint density at radius 2 is 1.50 bits per heavy atom. The van der Waals surface area contributed by atoms with Crippen LogP contribution in [0, 0.1) is 3.57 Å². The van der Waals surface area contributed by atoms with Crippen molar-refractivity contribution in [3.8, 4) is 0 Å². The first-order chi connectivity index (χ1) is 8.56. The monoisotopic (exact) mass is 363 g/mol. The van der Waals surface area contributed by atoms with E-state index in [4.69, 9.17) is 0 Å².